The largest absolute Gasteiger partial charge is 0.493 e. The fraction of sp³-hybridized carbons (Fsp3) is 0.467. The second kappa shape index (κ2) is 7.41. The first kappa shape index (κ1) is 15.9. The van der Waals surface area contributed by atoms with Crippen molar-refractivity contribution in [2.24, 2.45) is 5.73 Å². The third-order valence-corrected chi connectivity index (χ3v) is 3.23. The number of rotatable bonds is 7. The molecule has 0 bridgehead atoms. The van der Waals surface area contributed by atoms with E-state index < -0.39 is 0 Å². The summed E-state index contributed by atoms with van der Waals surface area (Å²) >= 11 is 6.26. The molecule has 2 N–H and O–H groups in total. The highest BCUT2D eigenvalue weighted by Crippen LogP contribution is 2.37. The summed E-state index contributed by atoms with van der Waals surface area (Å²) < 4.78 is 11.0. The Morgan fingerprint density at radius 3 is 2.68 bits per heavy atom. The quantitative estimate of drug-likeness (QED) is 0.778. The predicted octanol–water partition coefficient (Wildman–Crippen LogP) is 3.58. The molecular weight excluding hydrogens is 262 g/mol. The Morgan fingerprint density at radius 1 is 1.47 bits per heavy atom. The van der Waals surface area contributed by atoms with Gasteiger partial charge in [-0.05, 0) is 37.5 Å². The fourth-order valence-electron chi connectivity index (χ4n) is 1.69. The van der Waals surface area contributed by atoms with Crippen LogP contribution < -0.4 is 15.2 Å². The van der Waals surface area contributed by atoms with E-state index in [1.165, 1.54) is 0 Å². The van der Waals surface area contributed by atoms with Crippen molar-refractivity contribution in [1.29, 1.82) is 0 Å². The van der Waals surface area contributed by atoms with Gasteiger partial charge in [0.25, 0.3) is 0 Å². The number of benzene rings is 1. The Morgan fingerprint density at radius 2 is 2.16 bits per heavy atom. The Balaban J connectivity index is 3.03. The minimum atomic E-state index is -0.129. The van der Waals surface area contributed by atoms with Crippen molar-refractivity contribution in [1.82, 2.24) is 0 Å². The zero-order chi connectivity index (χ0) is 14.4. The van der Waals surface area contributed by atoms with Crippen LogP contribution in [-0.2, 0) is 6.42 Å². The second-order valence-electron chi connectivity index (χ2n) is 4.54. The summed E-state index contributed by atoms with van der Waals surface area (Å²) in [5.74, 6) is 1.17. The van der Waals surface area contributed by atoms with Crippen molar-refractivity contribution >= 4 is 11.6 Å². The molecule has 1 rings (SSSR count). The van der Waals surface area contributed by atoms with Gasteiger partial charge in [0.15, 0.2) is 11.5 Å². The maximum atomic E-state index is 6.26. The number of ether oxygens (including phenoxy) is 2. The van der Waals surface area contributed by atoms with E-state index in [4.69, 9.17) is 26.8 Å². The van der Waals surface area contributed by atoms with Gasteiger partial charge in [-0.2, -0.15) is 0 Å². The maximum absolute atomic E-state index is 6.26. The van der Waals surface area contributed by atoms with Crippen LogP contribution in [-0.4, -0.2) is 19.3 Å². The molecular formula is C15H22ClNO2. The molecule has 0 saturated heterocycles. The molecule has 3 nitrogen and oxygen atoms in total. The highest BCUT2D eigenvalue weighted by Gasteiger charge is 2.14. The highest BCUT2D eigenvalue weighted by molar-refractivity contribution is 6.32. The molecule has 1 aromatic carbocycles. The minimum absolute atomic E-state index is 0.125. The molecule has 0 saturated carbocycles. The van der Waals surface area contributed by atoms with Gasteiger partial charge in [-0.15, -0.1) is 0 Å². The van der Waals surface area contributed by atoms with Crippen LogP contribution in [0.5, 0.6) is 11.5 Å². The van der Waals surface area contributed by atoms with Crippen molar-refractivity contribution in [3.05, 3.63) is 35.4 Å². The Bertz CT molecular complexity index is 434. The van der Waals surface area contributed by atoms with Crippen LogP contribution >= 0.6 is 11.6 Å². The first-order valence-corrected chi connectivity index (χ1v) is 6.80. The lowest BCUT2D eigenvalue weighted by Gasteiger charge is -2.17. The molecule has 0 aliphatic carbocycles. The third kappa shape index (κ3) is 4.44. The average Bonchev–Trinajstić information content (AvgIpc) is 2.40. The standard InChI is InChI=1S/C15H22ClNO2/c1-5-10(3)19-15-13(16)8-11(7-12(17)6-2)9-14(15)18-4/h5,8-10,12H,1,6-7,17H2,2-4H3. The maximum Gasteiger partial charge on any atom is 0.180 e. The molecule has 2 atom stereocenters. The van der Waals surface area contributed by atoms with E-state index in [-0.39, 0.29) is 12.1 Å². The summed E-state index contributed by atoms with van der Waals surface area (Å²) in [6, 6.07) is 3.93. The van der Waals surface area contributed by atoms with Gasteiger partial charge in [0.1, 0.15) is 6.10 Å². The van der Waals surface area contributed by atoms with E-state index in [9.17, 15) is 0 Å². The average molecular weight is 284 g/mol. The van der Waals surface area contributed by atoms with Gasteiger partial charge < -0.3 is 15.2 Å². The summed E-state index contributed by atoms with van der Waals surface area (Å²) in [4.78, 5) is 0. The Hall–Kier alpha value is -1.19. The van der Waals surface area contributed by atoms with Gasteiger partial charge in [0, 0.05) is 6.04 Å². The lowest BCUT2D eigenvalue weighted by atomic mass is 10.0. The smallest absolute Gasteiger partial charge is 0.180 e. The van der Waals surface area contributed by atoms with Crippen molar-refractivity contribution in [3.8, 4) is 11.5 Å². The second-order valence-corrected chi connectivity index (χ2v) is 4.95. The number of halogens is 1. The molecule has 0 heterocycles. The van der Waals surface area contributed by atoms with Gasteiger partial charge in [0.05, 0.1) is 12.1 Å². The fourth-order valence-corrected chi connectivity index (χ4v) is 1.96. The molecule has 4 heteroatoms. The van der Waals surface area contributed by atoms with Crippen molar-refractivity contribution in [3.63, 3.8) is 0 Å². The van der Waals surface area contributed by atoms with Crippen LogP contribution in [0.2, 0.25) is 5.02 Å². The molecule has 0 aromatic heterocycles. The van der Waals surface area contributed by atoms with Gasteiger partial charge in [-0.3, -0.25) is 0 Å². The van der Waals surface area contributed by atoms with Crippen LogP contribution in [0.4, 0.5) is 0 Å². The van der Waals surface area contributed by atoms with Crippen LogP contribution in [0, 0.1) is 0 Å². The summed E-state index contributed by atoms with van der Waals surface area (Å²) in [5.41, 5.74) is 7.01. The Kier molecular flexibility index (Phi) is 6.19. The molecule has 0 aliphatic rings. The van der Waals surface area contributed by atoms with Gasteiger partial charge in [-0.1, -0.05) is 31.2 Å². The van der Waals surface area contributed by atoms with E-state index in [2.05, 4.69) is 13.5 Å². The molecule has 1 aromatic rings. The highest BCUT2D eigenvalue weighted by atomic mass is 35.5. The van der Waals surface area contributed by atoms with Crippen molar-refractivity contribution in [2.45, 2.75) is 38.8 Å². The van der Waals surface area contributed by atoms with Crippen LogP contribution in [0.3, 0.4) is 0 Å². The zero-order valence-corrected chi connectivity index (χ0v) is 12.5. The number of hydrogen-bond donors (Lipinski definition) is 1. The zero-order valence-electron chi connectivity index (χ0n) is 11.8. The van der Waals surface area contributed by atoms with Gasteiger partial charge in [-0.25, -0.2) is 0 Å². The SMILES string of the molecule is C=CC(C)Oc1c(Cl)cc(CC(N)CC)cc1OC. The van der Waals surface area contributed by atoms with Gasteiger partial charge in [0.2, 0.25) is 0 Å². The molecule has 0 aliphatic heterocycles. The topological polar surface area (TPSA) is 44.5 Å². The van der Waals surface area contributed by atoms with Crippen molar-refractivity contribution in [2.75, 3.05) is 7.11 Å². The predicted molar refractivity (Wildman–Crippen MR) is 80.3 cm³/mol. The van der Waals surface area contributed by atoms with Crippen LogP contribution in [0.15, 0.2) is 24.8 Å². The minimum Gasteiger partial charge on any atom is -0.493 e. The van der Waals surface area contributed by atoms with E-state index in [0.717, 1.165) is 18.4 Å². The lowest BCUT2D eigenvalue weighted by Crippen LogP contribution is -2.21. The number of nitrogens with two attached hydrogens (primary N) is 1. The molecule has 0 radical (unpaired) electrons. The summed E-state index contributed by atoms with van der Waals surface area (Å²) in [6.07, 6.45) is 3.27. The van der Waals surface area contributed by atoms with E-state index in [1.54, 1.807) is 13.2 Å². The molecule has 0 spiro atoms. The van der Waals surface area contributed by atoms with Gasteiger partial charge >= 0.3 is 0 Å². The lowest BCUT2D eigenvalue weighted by molar-refractivity contribution is 0.254. The van der Waals surface area contributed by atoms with Crippen LogP contribution in [0.25, 0.3) is 0 Å². The molecule has 0 amide bonds. The summed E-state index contributed by atoms with van der Waals surface area (Å²) in [6.45, 7) is 7.64. The molecule has 19 heavy (non-hydrogen) atoms. The third-order valence-electron chi connectivity index (χ3n) is 2.95. The summed E-state index contributed by atoms with van der Waals surface area (Å²) in [5, 5.41) is 0.534. The number of methoxy groups -OCH3 is 1. The first-order valence-electron chi connectivity index (χ1n) is 6.43. The molecule has 2 unspecified atom stereocenters. The molecule has 106 valence electrons. The first-order chi connectivity index (χ1) is 9.01. The number of hydrogen-bond acceptors (Lipinski definition) is 3. The monoisotopic (exact) mass is 283 g/mol. The van der Waals surface area contributed by atoms with E-state index in [1.807, 2.05) is 19.1 Å². The summed E-state index contributed by atoms with van der Waals surface area (Å²) in [7, 11) is 1.60. The molecule has 0 fully saturated rings. The normalized spacial score (nSPS) is 13.7. The van der Waals surface area contributed by atoms with Crippen LogP contribution in [0.1, 0.15) is 25.8 Å². The van der Waals surface area contributed by atoms with E-state index in [0.29, 0.717) is 16.5 Å². The Labute approximate surface area is 120 Å². The van der Waals surface area contributed by atoms with Crippen molar-refractivity contribution < 1.29 is 9.47 Å². The van der Waals surface area contributed by atoms with E-state index >= 15 is 0 Å².